The van der Waals surface area contributed by atoms with E-state index in [9.17, 15) is 0 Å². The fourth-order valence-electron chi connectivity index (χ4n) is 1.57. The van der Waals surface area contributed by atoms with Crippen molar-refractivity contribution in [3.63, 3.8) is 0 Å². The highest BCUT2D eigenvalue weighted by atomic mass is 32.1. The second-order valence-corrected chi connectivity index (χ2v) is 3.88. The van der Waals surface area contributed by atoms with Crippen LogP contribution < -0.4 is 0 Å². The molecule has 0 atom stereocenters. The number of hydrogen-bond donors (Lipinski definition) is 1. The minimum absolute atomic E-state index is 1.01. The van der Waals surface area contributed by atoms with Crippen molar-refractivity contribution in [3.05, 3.63) is 54.1 Å². The van der Waals surface area contributed by atoms with Crippen LogP contribution in [0.5, 0.6) is 0 Å². The quantitative estimate of drug-likeness (QED) is 0.662. The van der Waals surface area contributed by atoms with Crippen LogP contribution in [-0.4, -0.2) is 0 Å². The fourth-order valence-corrected chi connectivity index (χ4v) is 1.80. The SMILES string of the molecule is Cc1ccccc1-c1cccc(S)c1. The molecule has 0 N–H and O–H groups in total. The minimum Gasteiger partial charge on any atom is -0.143 e. The molecule has 0 saturated heterocycles. The third kappa shape index (κ3) is 1.83. The molecule has 0 bridgehead atoms. The molecule has 1 heteroatoms. The number of aryl methyl sites for hydroxylation is 1. The summed E-state index contributed by atoms with van der Waals surface area (Å²) in [5, 5.41) is 0. The Morgan fingerprint density at radius 2 is 1.71 bits per heavy atom. The summed E-state index contributed by atoms with van der Waals surface area (Å²) in [6.45, 7) is 2.13. The lowest BCUT2D eigenvalue weighted by Gasteiger charge is -2.05. The van der Waals surface area contributed by atoms with Crippen LogP contribution in [0.1, 0.15) is 5.56 Å². The molecule has 70 valence electrons. The van der Waals surface area contributed by atoms with Gasteiger partial charge in [-0.3, -0.25) is 0 Å². The first-order valence-electron chi connectivity index (χ1n) is 4.62. The zero-order valence-electron chi connectivity index (χ0n) is 8.07. The second-order valence-electron chi connectivity index (χ2n) is 3.37. The van der Waals surface area contributed by atoms with Crippen molar-refractivity contribution in [1.29, 1.82) is 0 Å². The van der Waals surface area contributed by atoms with E-state index in [-0.39, 0.29) is 0 Å². The molecule has 0 aliphatic heterocycles. The molecule has 0 spiro atoms. The summed E-state index contributed by atoms with van der Waals surface area (Å²) in [7, 11) is 0. The summed E-state index contributed by atoms with van der Waals surface area (Å²) in [5.74, 6) is 0. The van der Waals surface area contributed by atoms with E-state index in [0.717, 1.165) is 4.90 Å². The summed E-state index contributed by atoms with van der Waals surface area (Å²) < 4.78 is 0. The van der Waals surface area contributed by atoms with Crippen molar-refractivity contribution >= 4 is 12.6 Å². The van der Waals surface area contributed by atoms with Gasteiger partial charge in [-0.1, -0.05) is 36.4 Å². The van der Waals surface area contributed by atoms with Gasteiger partial charge in [-0.15, -0.1) is 12.6 Å². The van der Waals surface area contributed by atoms with Crippen LogP contribution in [0.15, 0.2) is 53.4 Å². The first-order chi connectivity index (χ1) is 6.77. The molecular weight excluding hydrogens is 188 g/mol. The molecule has 0 radical (unpaired) electrons. The maximum atomic E-state index is 4.34. The average Bonchev–Trinajstić information content (AvgIpc) is 2.18. The van der Waals surface area contributed by atoms with Crippen molar-refractivity contribution in [3.8, 4) is 11.1 Å². The Labute approximate surface area is 90.0 Å². The Balaban J connectivity index is 2.55. The van der Waals surface area contributed by atoms with Crippen molar-refractivity contribution < 1.29 is 0 Å². The standard InChI is InChI=1S/C13H12S/c1-10-5-2-3-8-13(10)11-6-4-7-12(14)9-11/h2-9,14H,1H3. The van der Waals surface area contributed by atoms with Gasteiger partial charge in [0.1, 0.15) is 0 Å². The fraction of sp³-hybridized carbons (Fsp3) is 0.0769. The third-order valence-corrected chi connectivity index (χ3v) is 2.58. The van der Waals surface area contributed by atoms with E-state index in [1.807, 2.05) is 12.1 Å². The van der Waals surface area contributed by atoms with Gasteiger partial charge in [-0.2, -0.15) is 0 Å². The van der Waals surface area contributed by atoms with E-state index >= 15 is 0 Å². The van der Waals surface area contributed by atoms with Gasteiger partial charge in [0.2, 0.25) is 0 Å². The molecule has 14 heavy (non-hydrogen) atoms. The topological polar surface area (TPSA) is 0 Å². The van der Waals surface area contributed by atoms with E-state index < -0.39 is 0 Å². The monoisotopic (exact) mass is 200 g/mol. The van der Waals surface area contributed by atoms with E-state index in [1.54, 1.807) is 0 Å². The predicted molar refractivity (Wildman–Crippen MR) is 63.9 cm³/mol. The lowest BCUT2D eigenvalue weighted by Crippen LogP contribution is -1.81. The summed E-state index contributed by atoms with van der Waals surface area (Å²) in [6.07, 6.45) is 0. The van der Waals surface area contributed by atoms with Gasteiger partial charge >= 0.3 is 0 Å². The zero-order valence-corrected chi connectivity index (χ0v) is 8.96. The number of hydrogen-bond acceptors (Lipinski definition) is 1. The Bertz CT molecular complexity index is 446. The van der Waals surface area contributed by atoms with E-state index in [2.05, 4.69) is 56.0 Å². The molecular formula is C13H12S. The van der Waals surface area contributed by atoms with Crippen molar-refractivity contribution in [2.45, 2.75) is 11.8 Å². The van der Waals surface area contributed by atoms with Crippen molar-refractivity contribution in [1.82, 2.24) is 0 Å². The summed E-state index contributed by atoms with van der Waals surface area (Å²) in [4.78, 5) is 1.01. The lowest BCUT2D eigenvalue weighted by molar-refractivity contribution is 1.42. The molecule has 2 aromatic rings. The lowest BCUT2D eigenvalue weighted by atomic mass is 10.0. The van der Waals surface area contributed by atoms with Gasteiger partial charge in [0.15, 0.2) is 0 Å². The molecule has 0 unspecified atom stereocenters. The first-order valence-corrected chi connectivity index (χ1v) is 5.07. The minimum atomic E-state index is 1.01. The molecule has 0 nitrogen and oxygen atoms in total. The molecule has 0 aliphatic rings. The van der Waals surface area contributed by atoms with Gasteiger partial charge in [0, 0.05) is 4.90 Å². The smallest absolute Gasteiger partial charge is 0.00461 e. The summed E-state index contributed by atoms with van der Waals surface area (Å²) in [5.41, 5.74) is 3.81. The van der Waals surface area contributed by atoms with Crippen LogP contribution in [0.25, 0.3) is 11.1 Å². The van der Waals surface area contributed by atoms with Gasteiger partial charge in [0.25, 0.3) is 0 Å². The highest BCUT2D eigenvalue weighted by Crippen LogP contribution is 2.24. The van der Waals surface area contributed by atoms with Crippen LogP contribution >= 0.6 is 12.6 Å². The van der Waals surface area contributed by atoms with Gasteiger partial charge in [0.05, 0.1) is 0 Å². The number of benzene rings is 2. The summed E-state index contributed by atoms with van der Waals surface area (Å²) in [6, 6.07) is 16.6. The van der Waals surface area contributed by atoms with Crippen LogP contribution in [0.4, 0.5) is 0 Å². The van der Waals surface area contributed by atoms with E-state index in [4.69, 9.17) is 0 Å². The number of rotatable bonds is 1. The Morgan fingerprint density at radius 3 is 2.43 bits per heavy atom. The summed E-state index contributed by atoms with van der Waals surface area (Å²) >= 11 is 4.34. The molecule has 0 heterocycles. The van der Waals surface area contributed by atoms with Crippen LogP contribution in [-0.2, 0) is 0 Å². The maximum Gasteiger partial charge on any atom is 0.00461 e. The second kappa shape index (κ2) is 3.89. The predicted octanol–water partition coefficient (Wildman–Crippen LogP) is 3.95. The van der Waals surface area contributed by atoms with E-state index in [0.29, 0.717) is 0 Å². The molecule has 0 aromatic heterocycles. The van der Waals surface area contributed by atoms with E-state index in [1.165, 1.54) is 16.7 Å². The number of thiol groups is 1. The molecule has 2 aromatic carbocycles. The average molecular weight is 200 g/mol. The van der Waals surface area contributed by atoms with Crippen molar-refractivity contribution in [2.24, 2.45) is 0 Å². The van der Waals surface area contributed by atoms with Gasteiger partial charge in [-0.05, 0) is 35.7 Å². The molecule has 0 saturated carbocycles. The molecule has 0 aliphatic carbocycles. The Kier molecular flexibility index (Phi) is 2.60. The Morgan fingerprint density at radius 1 is 0.929 bits per heavy atom. The van der Waals surface area contributed by atoms with Gasteiger partial charge in [-0.25, -0.2) is 0 Å². The normalized spacial score (nSPS) is 10.1. The highest BCUT2D eigenvalue weighted by molar-refractivity contribution is 7.80. The first kappa shape index (κ1) is 9.35. The molecule has 0 amide bonds. The van der Waals surface area contributed by atoms with Gasteiger partial charge < -0.3 is 0 Å². The van der Waals surface area contributed by atoms with Crippen LogP contribution in [0.3, 0.4) is 0 Å². The van der Waals surface area contributed by atoms with Crippen molar-refractivity contribution in [2.75, 3.05) is 0 Å². The Hall–Kier alpha value is -1.21. The zero-order chi connectivity index (χ0) is 9.97. The maximum absolute atomic E-state index is 4.34. The highest BCUT2D eigenvalue weighted by Gasteiger charge is 1.99. The van der Waals surface area contributed by atoms with Crippen LogP contribution in [0, 0.1) is 6.92 Å². The third-order valence-electron chi connectivity index (χ3n) is 2.30. The molecule has 0 fully saturated rings. The van der Waals surface area contributed by atoms with Crippen LogP contribution in [0.2, 0.25) is 0 Å². The molecule has 2 rings (SSSR count). The largest absolute Gasteiger partial charge is 0.143 e.